The van der Waals surface area contributed by atoms with Crippen LogP contribution in [0.15, 0.2) is 79.0 Å². The van der Waals surface area contributed by atoms with Gasteiger partial charge in [-0.3, -0.25) is 9.78 Å². The third kappa shape index (κ3) is 5.52. The van der Waals surface area contributed by atoms with Gasteiger partial charge in [-0.05, 0) is 93.1 Å². The number of nitrogens with one attached hydrogen (secondary N) is 2. The Kier molecular flexibility index (Phi) is 7.65. The average molecular weight is 540 g/mol. The Hall–Kier alpha value is -4.17. The summed E-state index contributed by atoms with van der Waals surface area (Å²) in [5.74, 6) is 0.766. The van der Waals surface area contributed by atoms with Crippen LogP contribution in [0.2, 0.25) is 0 Å². The van der Waals surface area contributed by atoms with Crippen molar-refractivity contribution in [3.63, 3.8) is 0 Å². The molecular formula is C31H33N5O2S. The van der Waals surface area contributed by atoms with E-state index < -0.39 is 0 Å². The summed E-state index contributed by atoms with van der Waals surface area (Å²) in [7, 11) is 1.67. The lowest BCUT2D eigenvalue weighted by atomic mass is 9.96. The number of aryl methyl sites for hydroxylation is 2. The summed E-state index contributed by atoms with van der Waals surface area (Å²) in [5.41, 5.74) is 7.28. The third-order valence-electron chi connectivity index (χ3n) is 7.23. The molecule has 5 rings (SSSR count). The lowest BCUT2D eigenvalue weighted by Gasteiger charge is -2.28. The number of thiocarbonyl (C=S) groups is 1. The molecule has 0 saturated carbocycles. The molecule has 2 atom stereocenters. The zero-order valence-corrected chi connectivity index (χ0v) is 23.5. The Bertz CT molecular complexity index is 1470. The van der Waals surface area contributed by atoms with Crippen molar-refractivity contribution in [2.24, 2.45) is 0 Å². The standard InChI is InChI=1S/C31H33N5O2S/c1-20-8-10-23(11-9-20)33-28(37)16-18-35-30(29(34-31(35)39)27-7-5-6-17-32-27)26-19-21(2)36(22(26)3)24-12-14-25(38-4)15-13-24/h5-15,17,19,29-30H,16,18H2,1-4H3,(H,33,37)(H,34,39)/t29-,30+/m1/s1. The zero-order valence-electron chi connectivity index (χ0n) is 22.6. The van der Waals surface area contributed by atoms with Crippen molar-refractivity contribution in [3.8, 4) is 11.4 Å². The topological polar surface area (TPSA) is 71.4 Å². The Morgan fingerprint density at radius 2 is 1.79 bits per heavy atom. The molecule has 1 aliphatic rings. The number of methoxy groups -OCH3 is 1. The summed E-state index contributed by atoms with van der Waals surface area (Å²) in [6, 6.07) is 23.7. The number of pyridine rings is 1. The van der Waals surface area contributed by atoms with Crippen molar-refractivity contribution in [2.75, 3.05) is 19.0 Å². The smallest absolute Gasteiger partial charge is 0.226 e. The van der Waals surface area contributed by atoms with Crippen LogP contribution in [-0.4, -0.2) is 39.1 Å². The first kappa shape index (κ1) is 26.4. The maximum Gasteiger partial charge on any atom is 0.226 e. The maximum atomic E-state index is 12.9. The molecular weight excluding hydrogens is 506 g/mol. The number of aromatic nitrogens is 2. The molecule has 200 valence electrons. The fourth-order valence-electron chi connectivity index (χ4n) is 5.28. The van der Waals surface area contributed by atoms with Gasteiger partial charge in [0.05, 0.1) is 24.9 Å². The van der Waals surface area contributed by atoms with Gasteiger partial charge in [0.25, 0.3) is 0 Å². The quantitative estimate of drug-likeness (QED) is 0.276. The molecule has 3 heterocycles. The van der Waals surface area contributed by atoms with Crippen molar-refractivity contribution in [1.82, 2.24) is 19.8 Å². The molecule has 2 aromatic heterocycles. The Morgan fingerprint density at radius 3 is 2.46 bits per heavy atom. The van der Waals surface area contributed by atoms with Gasteiger partial charge in [-0.1, -0.05) is 23.8 Å². The van der Waals surface area contributed by atoms with Gasteiger partial charge in [0.1, 0.15) is 5.75 Å². The summed E-state index contributed by atoms with van der Waals surface area (Å²) in [6.45, 7) is 6.74. The lowest BCUT2D eigenvalue weighted by Crippen LogP contribution is -2.32. The first-order valence-corrected chi connectivity index (χ1v) is 13.4. The number of benzene rings is 2. The van der Waals surface area contributed by atoms with E-state index in [-0.39, 0.29) is 18.0 Å². The normalized spacial score (nSPS) is 16.7. The zero-order chi connectivity index (χ0) is 27.5. The molecule has 4 aromatic rings. The summed E-state index contributed by atoms with van der Waals surface area (Å²) < 4.78 is 7.60. The van der Waals surface area contributed by atoms with E-state index in [1.54, 1.807) is 13.3 Å². The van der Waals surface area contributed by atoms with E-state index in [1.165, 1.54) is 0 Å². The van der Waals surface area contributed by atoms with E-state index in [2.05, 4.69) is 57.1 Å². The fourth-order valence-corrected chi connectivity index (χ4v) is 5.61. The van der Waals surface area contributed by atoms with E-state index in [0.29, 0.717) is 18.1 Å². The van der Waals surface area contributed by atoms with Gasteiger partial charge in [-0.25, -0.2) is 0 Å². The van der Waals surface area contributed by atoms with Crippen LogP contribution in [0, 0.1) is 20.8 Å². The average Bonchev–Trinajstić information content (AvgIpc) is 3.43. The number of nitrogens with zero attached hydrogens (tertiary/aromatic N) is 3. The Labute approximate surface area is 234 Å². The lowest BCUT2D eigenvalue weighted by molar-refractivity contribution is -0.116. The van der Waals surface area contributed by atoms with Gasteiger partial charge in [-0.15, -0.1) is 0 Å². The molecule has 0 spiro atoms. The van der Waals surface area contributed by atoms with Crippen LogP contribution < -0.4 is 15.4 Å². The van der Waals surface area contributed by atoms with E-state index in [4.69, 9.17) is 17.0 Å². The molecule has 1 aliphatic heterocycles. The number of hydrogen-bond acceptors (Lipinski definition) is 4. The Balaban J connectivity index is 1.45. The minimum atomic E-state index is -0.149. The largest absolute Gasteiger partial charge is 0.497 e. The highest BCUT2D eigenvalue weighted by Gasteiger charge is 2.41. The number of ether oxygens (including phenoxy) is 1. The second kappa shape index (κ2) is 11.3. The molecule has 0 unspecified atom stereocenters. The third-order valence-corrected chi connectivity index (χ3v) is 7.58. The highest BCUT2D eigenvalue weighted by Crippen LogP contribution is 2.41. The number of rotatable bonds is 8. The van der Waals surface area contributed by atoms with E-state index >= 15 is 0 Å². The SMILES string of the molecule is COc1ccc(-n2c(C)cc([C@H]3[C@@H](c4ccccn4)NC(=S)N3CCC(=O)Nc3ccc(C)cc3)c2C)cc1. The summed E-state index contributed by atoms with van der Waals surface area (Å²) in [5, 5.41) is 7.12. The van der Waals surface area contributed by atoms with Gasteiger partial charge in [0.15, 0.2) is 5.11 Å². The first-order chi connectivity index (χ1) is 18.9. The minimum absolute atomic E-state index is 0.0506. The van der Waals surface area contributed by atoms with Crippen LogP contribution >= 0.6 is 12.2 Å². The minimum Gasteiger partial charge on any atom is -0.497 e. The van der Waals surface area contributed by atoms with Crippen LogP contribution in [0.3, 0.4) is 0 Å². The van der Waals surface area contributed by atoms with Gasteiger partial charge in [-0.2, -0.15) is 0 Å². The molecule has 2 aromatic carbocycles. The molecule has 0 bridgehead atoms. The molecule has 8 heteroatoms. The van der Waals surface area contributed by atoms with Crippen molar-refractivity contribution in [3.05, 3.63) is 107 Å². The molecule has 39 heavy (non-hydrogen) atoms. The van der Waals surface area contributed by atoms with E-state index in [9.17, 15) is 4.79 Å². The van der Waals surface area contributed by atoms with Crippen LogP contribution in [0.4, 0.5) is 5.69 Å². The molecule has 0 radical (unpaired) electrons. The number of hydrogen-bond donors (Lipinski definition) is 2. The number of anilines is 1. The predicted molar refractivity (Wildman–Crippen MR) is 158 cm³/mol. The van der Waals surface area contributed by atoms with Crippen LogP contribution in [0.5, 0.6) is 5.75 Å². The molecule has 1 saturated heterocycles. The van der Waals surface area contributed by atoms with E-state index in [0.717, 1.165) is 45.3 Å². The summed E-state index contributed by atoms with van der Waals surface area (Å²) >= 11 is 5.83. The maximum absolute atomic E-state index is 12.9. The molecule has 1 amide bonds. The highest BCUT2D eigenvalue weighted by molar-refractivity contribution is 7.80. The highest BCUT2D eigenvalue weighted by atomic mass is 32.1. The van der Waals surface area contributed by atoms with Crippen molar-refractivity contribution >= 4 is 28.9 Å². The van der Waals surface area contributed by atoms with Crippen LogP contribution in [0.1, 0.15) is 46.7 Å². The van der Waals surface area contributed by atoms with Gasteiger partial charge in [0.2, 0.25) is 5.91 Å². The summed E-state index contributed by atoms with van der Waals surface area (Å²) in [6.07, 6.45) is 2.10. The van der Waals surface area contributed by atoms with Gasteiger partial charge in [0, 0.05) is 41.9 Å². The second-order valence-corrected chi connectivity index (χ2v) is 10.2. The van der Waals surface area contributed by atoms with Gasteiger partial charge < -0.3 is 24.8 Å². The second-order valence-electron chi connectivity index (χ2n) is 9.84. The number of carbonyl (C=O) groups is 1. The van der Waals surface area contributed by atoms with Crippen LogP contribution in [0.25, 0.3) is 5.69 Å². The van der Waals surface area contributed by atoms with Gasteiger partial charge >= 0.3 is 0 Å². The van der Waals surface area contributed by atoms with Crippen molar-refractivity contribution < 1.29 is 9.53 Å². The molecule has 2 N–H and O–H groups in total. The first-order valence-electron chi connectivity index (χ1n) is 13.0. The molecule has 7 nitrogen and oxygen atoms in total. The van der Waals surface area contributed by atoms with Crippen molar-refractivity contribution in [2.45, 2.75) is 39.3 Å². The number of carbonyl (C=O) groups excluding carboxylic acids is 1. The van der Waals surface area contributed by atoms with E-state index in [1.807, 2.05) is 61.5 Å². The Morgan fingerprint density at radius 1 is 1.05 bits per heavy atom. The monoisotopic (exact) mass is 539 g/mol. The van der Waals surface area contributed by atoms with Crippen molar-refractivity contribution in [1.29, 1.82) is 0 Å². The molecule has 1 fully saturated rings. The molecule has 0 aliphatic carbocycles. The van der Waals surface area contributed by atoms with Crippen LogP contribution in [-0.2, 0) is 4.79 Å². The number of amides is 1. The summed E-state index contributed by atoms with van der Waals surface area (Å²) in [4.78, 5) is 19.7. The predicted octanol–water partition coefficient (Wildman–Crippen LogP) is 5.81. The fraction of sp³-hybridized carbons (Fsp3) is 0.258.